The molecule has 2 amide bonds. The first-order chi connectivity index (χ1) is 11.2. The molecule has 0 spiro atoms. The molecule has 6 nitrogen and oxygen atoms in total. The SMILES string of the molecule is CN=C(NCCN1C(=O)C2C3C=CC(C3)C2C1=O)NCC1CC1. The Morgan fingerprint density at radius 2 is 1.83 bits per heavy atom. The maximum absolute atomic E-state index is 12.6. The van der Waals surface area contributed by atoms with Crippen LogP contribution in [-0.2, 0) is 9.59 Å². The summed E-state index contributed by atoms with van der Waals surface area (Å²) in [6, 6.07) is 0. The fourth-order valence-electron chi connectivity index (χ4n) is 4.25. The zero-order chi connectivity index (χ0) is 16.0. The number of fused-ring (bicyclic) bond motifs is 5. The molecule has 0 aromatic rings. The highest BCUT2D eigenvalue weighted by Gasteiger charge is 2.58. The molecule has 3 fully saturated rings. The van der Waals surface area contributed by atoms with Gasteiger partial charge in [-0.3, -0.25) is 19.5 Å². The molecule has 2 saturated carbocycles. The molecule has 23 heavy (non-hydrogen) atoms. The average molecular weight is 316 g/mol. The van der Waals surface area contributed by atoms with Crippen molar-refractivity contribution in [3.8, 4) is 0 Å². The minimum atomic E-state index is -0.0928. The molecule has 4 aliphatic rings. The molecule has 124 valence electrons. The number of likely N-dealkylation sites (tertiary alicyclic amines) is 1. The predicted molar refractivity (Wildman–Crippen MR) is 86.5 cm³/mol. The summed E-state index contributed by atoms with van der Waals surface area (Å²) in [5, 5.41) is 6.49. The van der Waals surface area contributed by atoms with E-state index < -0.39 is 0 Å². The van der Waals surface area contributed by atoms with Gasteiger partial charge in [-0.25, -0.2) is 0 Å². The van der Waals surface area contributed by atoms with Gasteiger partial charge in [0, 0.05) is 26.7 Å². The Morgan fingerprint density at radius 1 is 1.17 bits per heavy atom. The van der Waals surface area contributed by atoms with Crippen LogP contribution in [0.4, 0.5) is 0 Å². The van der Waals surface area contributed by atoms with Crippen LogP contribution in [0, 0.1) is 29.6 Å². The number of carbonyl (C=O) groups is 2. The fraction of sp³-hybridized carbons (Fsp3) is 0.706. The number of nitrogens with zero attached hydrogens (tertiary/aromatic N) is 2. The third kappa shape index (κ3) is 2.54. The highest BCUT2D eigenvalue weighted by molar-refractivity contribution is 6.06. The van der Waals surface area contributed by atoms with E-state index in [0.717, 1.165) is 24.8 Å². The Kier molecular flexibility index (Phi) is 3.62. The first-order valence-corrected chi connectivity index (χ1v) is 8.67. The number of imide groups is 1. The second kappa shape index (κ2) is 5.65. The van der Waals surface area contributed by atoms with E-state index in [0.29, 0.717) is 13.1 Å². The summed E-state index contributed by atoms with van der Waals surface area (Å²) >= 11 is 0. The van der Waals surface area contributed by atoms with Crippen molar-refractivity contribution < 1.29 is 9.59 Å². The first kappa shape index (κ1) is 14.7. The van der Waals surface area contributed by atoms with E-state index in [9.17, 15) is 9.59 Å². The second-order valence-corrected chi connectivity index (χ2v) is 7.15. The van der Waals surface area contributed by atoms with E-state index >= 15 is 0 Å². The number of aliphatic imine (C=N–C) groups is 1. The molecule has 2 bridgehead atoms. The number of hydrogen-bond acceptors (Lipinski definition) is 3. The number of carbonyl (C=O) groups excluding carboxylic acids is 2. The Hall–Kier alpha value is -1.85. The van der Waals surface area contributed by atoms with Crippen molar-refractivity contribution in [3.63, 3.8) is 0 Å². The molecule has 2 N–H and O–H groups in total. The molecule has 1 heterocycles. The van der Waals surface area contributed by atoms with E-state index in [1.165, 1.54) is 17.7 Å². The van der Waals surface area contributed by atoms with Crippen molar-refractivity contribution >= 4 is 17.8 Å². The normalized spacial score (nSPS) is 35.2. The summed E-state index contributed by atoms with van der Waals surface area (Å²) in [6.45, 7) is 1.92. The van der Waals surface area contributed by atoms with Gasteiger partial charge in [-0.1, -0.05) is 12.2 Å². The molecule has 4 atom stereocenters. The lowest BCUT2D eigenvalue weighted by atomic mass is 9.85. The monoisotopic (exact) mass is 316 g/mol. The topological polar surface area (TPSA) is 73.8 Å². The minimum absolute atomic E-state index is 0.0274. The third-order valence-corrected chi connectivity index (χ3v) is 5.67. The smallest absolute Gasteiger partial charge is 0.233 e. The van der Waals surface area contributed by atoms with Crippen LogP contribution in [0.5, 0.6) is 0 Å². The summed E-state index contributed by atoms with van der Waals surface area (Å²) in [5.74, 6) is 1.96. The first-order valence-electron chi connectivity index (χ1n) is 8.67. The maximum atomic E-state index is 12.6. The van der Waals surface area contributed by atoms with Crippen molar-refractivity contribution in [1.82, 2.24) is 15.5 Å². The van der Waals surface area contributed by atoms with Gasteiger partial charge in [0.2, 0.25) is 11.8 Å². The lowest BCUT2D eigenvalue weighted by Gasteiger charge is -2.18. The van der Waals surface area contributed by atoms with Gasteiger partial charge in [0.05, 0.1) is 11.8 Å². The molecule has 0 aromatic carbocycles. The molecule has 0 radical (unpaired) electrons. The molecule has 0 aromatic heterocycles. The molecule has 1 saturated heterocycles. The average Bonchev–Trinajstić information content (AvgIpc) is 3.06. The molecular weight excluding hydrogens is 292 g/mol. The van der Waals surface area contributed by atoms with Crippen LogP contribution < -0.4 is 10.6 Å². The van der Waals surface area contributed by atoms with Gasteiger partial charge in [-0.05, 0) is 37.0 Å². The molecule has 3 aliphatic carbocycles. The summed E-state index contributed by atoms with van der Waals surface area (Å²) in [7, 11) is 1.74. The van der Waals surface area contributed by atoms with E-state index in [2.05, 4.69) is 27.8 Å². The molecular formula is C17H24N4O2. The Bertz CT molecular complexity index is 551. The van der Waals surface area contributed by atoms with Crippen molar-refractivity contribution in [1.29, 1.82) is 0 Å². The standard InChI is InChI=1S/C17H24N4O2/c1-18-17(20-9-10-2-3-10)19-6-7-21-15(22)13-11-4-5-12(8-11)14(13)16(21)23/h4-5,10-14H,2-3,6-9H2,1H3,(H2,18,19,20). The van der Waals surface area contributed by atoms with Gasteiger partial charge >= 0.3 is 0 Å². The molecule has 1 aliphatic heterocycles. The van der Waals surface area contributed by atoms with Crippen LogP contribution in [0.1, 0.15) is 19.3 Å². The van der Waals surface area contributed by atoms with Gasteiger partial charge < -0.3 is 10.6 Å². The number of hydrogen-bond donors (Lipinski definition) is 2. The Balaban J connectivity index is 1.29. The summed E-state index contributed by atoms with van der Waals surface area (Å²) < 4.78 is 0. The Morgan fingerprint density at radius 3 is 2.39 bits per heavy atom. The minimum Gasteiger partial charge on any atom is -0.356 e. The van der Waals surface area contributed by atoms with E-state index in [-0.39, 0.29) is 35.5 Å². The largest absolute Gasteiger partial charge is 0.356 e. The van der Waals surface area contributed by atoms with Gasteiger partial charge in [0.15, 0.2) is 5.96 Å². The van der Waals surface area contributed by atoms with Crippen LogP contribution in [0.2, 0.25) is 0 Å². The van der Waals surface area contributed by atoms with Gasteiger partial charge in [-0.15, -0.1) is 0 Å². The number of rotatable bonds is 5. The lowest BCUT2D eigenvalue weighted by Crippen LogP contribution is -2.44. The lowest BCUT2D eigenvalue weighted by molar-refractivity contribution is -0.140. The van der Waals surface area contributed by atoms with E-state index in [1.807, 2.05) is 0 Å². The highest BCUT2D eigenvalue weighted by Crippen LogP contribution is 2.52. The third-order valence-electron chi connectivity index (χ3n) is 5.67. The molecule has 6 heteroatoms. The van der Waals surface area contributed by atoms with Crippen LogP contribution in [0.15, 0.2) is 17.1 Å². The van der Waals surface area contributed by atoms with Crippen LogP contribution in [-0.4, -0.2) is 49.4 Å². The number of guanidine groups is 1. The number of amides is 2. The van der Waals surface area contributed by atoms with Crippen LogP contribution in [0.25, 0.3) is 0 Å². The van der Waals surface area contributed by atoms with Crippen molar-refractivity contribution in [2.24, 2.45) is 34.6 Å². The number of allylic oxidation sites excluding steroid dienone is 2. The van der Waals surface area contributed by atoms with E-state index in [1.54, 1.807) is 7.05 Å². The van der Waals surface area contributed by atoms with Crippen molar-refractivity contribution in [3.05, 3.63) is 12.2 Å². The van der Waals surface area contributed by atoms with Gasteiger partial charge in [0.1, 0.15) is 0 Å². The predicted octanol–water partition coefficient (Wildman–Crippen LogP) is 0.369. The molecule has 4 rings (SSSR count). The summed E-state index contributed by atoms with van der Waals surface area (Å²) in [6.07, 6.45) is 7.82. The summed E-state index contributed by atoms with van der Waals surface area (Å²) in [4.78, 5) is 30.7. The number of nitrogens with one attached hydrogen (secondary N) is 2. The van der Waals surface area contributed by atoms with Gasteiger partial charge in [0.25, 0.3) is 0 Å². The molecule has 4 unspecified atom stereocenters. The van der Waals surface area contributed by atoms with Gasteiger partial charge in [-0.2, -0.15) is 0 Å². The maximum Gasteiger partial charge on any atom is 0.233 e. The van der Waals surface area contributed by atoms with Crippen LogP contribution >= 0.6 is 0 Å². The van der Waals surface area contributed by atoms with Crippen molar-refractivity contribution in [2.45, 2.75) is 19.3 Å². The van der Waals surface area contributed by atoms with Crippen molar-refractivity contribution in [2.75, 3.05) is 26.7 Å². The zero-order valence-electron chi connectivity index (χ0n) is 13.5. The highest BCUT2D eigenvalue weighted by atomic mass is 16.2. The zero-order valence-corrected chi connectivity index (χ0v) is 13.5. The fourth-order valence-corrected chi connectivity index (χ4v) is 4.25. The van der Waals surface area contributed by atoms with E-state index in [4.69, 9.17) is 0 Å². The quantitative estimate of drug-likeness (QED) is 0.333. The summed E-state index contributed by atoms with van der Waals surface area (Å²) in [5.41, 5.74) is 0. The van der Waals surface area contributed by atoms with Crippen LogP contribution in [0.3, 0.4) is 0 Å². The second-order valence-electron chi connectivity index (χ2n) is 7.15. The Labute approximate surface area is 136 Å².